The molecule has 1 aromatic rings. The Morgan fingerprint density at radius 3 is 2.33 bits per heavy atom. The van der Waals surface area contributed by atoms with Crippen LogP contribution in [0.5, 0.6) is 0 Å². The van der Waals surface area contributed by atoms with Crippen LogP contribution in [0, 0.1) is 0 Å². The summed E-state index contributed by atoms with van der Waals surface area (Å²) in [5, 5.41) is 2.90. The van der Waals surface area contributed by atoms with Crippen LogP contribution in [0.15, 0.2) is 30.3 Å². The van der Waals surface area contributed by atoms with E-state index in [1.54, 1.807) is 13.8 Å². The molecule has 1 atom stereocenters. The Morgan fingerprint density at radius 2 is 1.89 bits per heavy atom. The number of hydrogen-bond acceptors (Lipinski definition) is 3. The molecule has 1 aromatic carbocycles. The molecule has 0 aliphatic heterocycles. The van der Waals surface area contributed by atoms with Crippen molar-refractivity contribution in [3.05, 3.63) is 35.9 Å². The summed E-state index contributed by atoms with van der Waals surface area (Å²) >= 11 is 0. The van der Waals surface area contributed by atoms with E-state index in [1.165, 1.54) is 5.56 Å². The fourth-order valence-corrected chi connectivity index (χ4v) is 1.69. The molecule has 1 rings (SSSR count). The minimum atomic E-state index is -0.840. The number of benzene rings is 1. The topological polar surface area (TPSA) is 58.4 Å². The van der Waals surface area contributed by atoms with E-state index in [9.17, 15) is 4.79 Å². The summed E-state index contributed by atoms with van der Waals surface area (Å²) < 4.78 is 0. The normalized spacial score (nSPS) is 13.4. The predicted octanol–water partition coefficient (Wildman–Crippen LogP) is 1.14. The molecule has 0 radical (unpaired) electrons. The molecule has 0 heterocycles. The predicted molar refractivity (Wildman–Crippen MR) is 74.1 cm³/mol. The van der Waals surface area contributed by atoms with Gasteiger partial charge < -0.3 is 16.0 Å². The van der Waals surface area contributed by atoms with E-state index in [2.05, 4.69) is 22.3 Å². The Morgan fingerprint density at radius 1 is 1.33 bits per heavy atom. The highest BCUT2D eigenvalue weighted by Crippen LogP contribution is 2.16. The highest BCUT2D eigenvalue weighted by molar-refractivity contribution is 5.85. The number of carbonyl (C=O) groups excluding carboxylic acids is 1. The van der Waals surface area contributed by atoms with Crippen LogP contribution >= 0.6 is 0 Å². The van der Waals surface area contributed by atoms with Gasteiger partial charge in [-0.1, -0.05) is 30.3 Å². The molecule has 0 spiro atoms. The van der Waals surface area contributed by atoms with Crippen molar-refractivity contribution in [1.29, 1.82) is 0 Å². The molecule has 4 heteroatoms. The largest absolute Gasteiger partial charge is 0.353 e. The van der Waals surface area contributed by atoms with Gasteiger partial charge in [-0.3, -0.25) is 4.79 Å². The molecule has 3 N–H and O–H groups in total. The van der Waals surface area contributed by atoms with Gasteiger partial charge in [0.25, 0.3) is 0 Å². The van der Waals surface area contributed by atoms with E-state index in [-0.39, 0.29) is 11.9 Å². The molecule has 0 saturated heterocycles. The molecular weight excluding hydrogens is 226 g/mol. The molecule has 0 fully saturated rings. The van der Waals surface area contributed by atoms with Crippen LogP contribution in [-0.4, -0.2) is 37.0 Å². The average Bonchev–Trinajstić information content (AvgIpc) is 2.28. The van der Waals surface area contributed by atoms with Crippen molar-refractivity contribution in [2.75, 3.05) is 20.6 Å². The molecule has 1 unspecified atom stereocenters. The van der Waals surface area contributed by atoms with Gasteiger partial charge >= 0.3 is 0 Å². The maximum Gasteiger partial charge on any atom is 0.239 e. The van der Waals surface area contributed by atoms with Crippen LogP contribution in [-0.2, 0) is 4.79 Å². The van der Waals surface area contributed by atoms with Gasteiger partial charge in [0.2, 0.25) is 5.91 Å². The van der Waals surface area contributed by atoms with Gasteiger partial charge in [0, 0.05) is 6.54 Å². The molecule has 4 nitrogen and oxygen atoms in total. The quantitative estimate of drug-likeness (QED) is 0.823. The number of rotatable bonds is 5. The number of amides is 1. The molecular formula is C14H23N3O. The van der Waals surface area contributed by atoms with Crippen LogP contribution in [0.4, 0.5) is 0 Å². The Balaban J connectivity index is 2.69. The standard InChI is InChI=1S/C14H23N3O/c1-14(2,15)13(18)16-10-12(17(3)4)11-8-6-5-7-9-11/h5-9,12H,10,15H2,1-4H3,(H,16,18). The second-order valence-corrected chi connectivity index (χ2v) is 5.32. The molecule has 1 amide bonds. The van der Waals surface area contributed by atoms with E-state index >= 15 is 0 Å². The summed E-state index contributed by atoms with van der Waals surface area (Å²) in [4.78, 5) is 13.9. The van der Waals surface area contributed by atoms with Crippen LogP contribution in [0.25, 0.3) is 0 Å². The summed E-state index contributed by atoms with van der Waals surface area (Å²) in [5.41, 5.74) is 6.09. The van der Waals surface area contributed by atoms with Gasteiger partial charge in [0.1, 0.15) is 0 Å². The first kappa shape index (κ1) is 14.7. The maximum atomic E-state index is 11.8. The van der Waals surface area contributed by atoms with E-state index in [0.29, 0.717) is 6.54 Å². The third-order valence-corrected chi connectivity index (χ3v) is 2.85. The lowest BCUT2D eigenvalue weighted by atomic mass is 10.0. The zero-order chi connectivity index (χ0) is 13.8. The van der Waals surface area contributed by atoms with Gasteiger partial charge in [-0.25, -0.2) is 0 Å². The van der Waals surface area contributed by atoms with Gasteiger partial charge in [-0.2, -0.15) is 0 Å². The Kier molecular flexibility index (Phi) is 4.87. The molecule has 100 valence electrons. The molecule has 0 aromatic heterocycles. The van der Waals surface area contributed by atoms with Crippen molar-refractivity contribution >= 4 is 5.91 Å². The summed E-state index contributed by atoms with van der Waals surface area (Å²) in [6.07, 6.45) is 0. The van der Waals surface area contributed by atoms with Gasteiger partial charge in [-0.15, -0.1) is 0 Å². The molecule has 18 heavy (non-hydrogen) atoms. The Bertz CT molecular complexity index is 382. The highest BCUT2D eigenvalue weighted by atomic mass is 16.2. The van der Waals surface area contributed by atoms with Crippen molar-refractivity contribution in [1.82, 2.24) is 10.2 Å². The monoisotopic (exact) mass is 249 g/mol. The second kappa shape index (κ2) is 5.98. The van der Waals surface area contributed by atoms with Crippen LogP contribution in [0.2, 0.25) is 0 Å². The van der Waals surface area contributed by atoms with Crippen LogP contribution < -0.4 is 11.1 Å². The fraction of sp³-hybridized carbons (Fsp3) is 0.500. The summed E-state index contributed by atoms with van der Waals surface area (Å²) in [5.74, 6) is -0.134. The number of hydrogen-bond donors (Lipinski definition) is 2. The molecule has 0 aliphatic rings. The third kappa shape index (κ3) is 4.13. The SMILES string of the molecule is CN(C)C(CNC(=O)C(C)(C)N)c1ccccc1. The summed E-state index contributed by atoms with van der Waals surface area (Å²) in [7, 11) is 3.99. The van der Waals surface area contributed by atoms with Crippen molar-refractivity contribution in [3.8, 4) is 0 Å². The number of nitrogens with two attached hydrogens (primary N) is 1. The van der Waals surface area contributed by atoms with Crippen LogP contribution in [0.1, 0.15) is 25.5 Å². The fourth-order valence-electron chi connectivity index (χ4n) is 1.69. The van der Waals surface area contributed by atoms with Crippen molar-refractivity contribution in [2.45, 2.75) is 25.4 Å². The minimum Gasteiger partial charge on any atom is -0.353 e. The Hall–Kier alpha value is -1.39. The molecule has 0 saturated carbocycles. The van der Waals surface area contributed by atoms with Crippen LogP contribution in [0.3, 0.4) is 0 Å². The zero-order valence-corrected chi connectivity index (χ0v) is 11.6. The van der Waals surface area contributed by atoms with E-state index in [1.807, 2.05) is 32.3 Å². The molecule has 0 aliphatic carbocycles. The summed E-state index contributed by atoms with van der Waals surface area (Å²) in [6.45, 7) is 3.96. The van der Waals surface area contributed by atoms with E-state index in [4.69, 9.17) is 5.73 Å². The zero-order valence-electron chi connectivity index (χ0n) is 11.6. The lowest BCUT2D eigenvalue weighted by Crippen LogP contribution is -2.50. The smallest absolute Gasteiger partial charge is 0.239 e. The van der Waals surface area contributed by atoms with Crippen molar-refractivity contribution < 1.29 is 4.79 Å². The number of likely N-dealkylation sites (N-methyl/N-ethyl adjacent to an activating group) is 1. The van der Waals surface area contributed by atoms with Gasteiger partial charge in [0.15, 0.2) is 0 Å². The lowest BCUT2D eigenvalue weighted by Gasteiger charge is -2.27. The van der Waals surface area contributed by atoms with Gasteiger partial charge in [0.05, 0.1) is 11.6 Å². The van der Waals surface area contributed by atoms with E-state index in [0.717, 1.165) is 0 Å². The van der Waals surface area contributed by atoms with Crippen molar-refractivity contribution in [3.63, 3.8) is 0 Å². The number of carbonyl (C=O) groups is 1. The van der Waals surface area contributed by atoms with Crippen molar-refractivity contribution in [2.24, 2.45) is 5.73 Å². The maximum absolute atomic E-state index is 11.8. The Labute approximate surface area is 109 Å². The van der Waals surface area contributed by atoms with Gasteiger partial charge in [-0.05, 0) is 33.5 Å². The summed E-state index contributed by atoms with van der Waals surface area (Å²) in [6, 6.07) is 10.3. The lowest BCUT2D eigenvalue weighted by molar-refractivity contribution is -0.125. The number of nitrogens with one attached hydrogen (secondary N) is 1. The first-order chi connectivity index (χ1) is 8.32. The average molecular weight is 249 g/mol. The first-order valence-corrected chi connectivity index (χ1v) is 6.11. The second-order valence-electron chi connectivity index (χ2n) is 5.32. The third-order valence-electron chi connectivity index (χ3n) is 2.85. The number of nitrogens with zero attached hydrogens (tertiary/aromatic N) is 1. The minimum absolute atomic E-state index is 0.134. The first-order valence-electron chi connectivity index (χ1n) is 6.11. The molecule has 0 bridgehead atoms. The van der Waals surface area contributed by atoms with E-state index < -0.39 is 5.54 Å². The highest BCUT2D eigenvalue weighted by Gasteiger charge is 2.23.